The summed E-state index contributed by atoms with van der Waals surface area (Å²) in [5, 5.41) is 26.2. The van der Waals surface area contributed by atoms with Crippen molar-refractivity contribution in [2.75, 3.05) is 23.7 Å². The van der Waals surface area contributed by atoms with Crippen LogP contribution in [0.25, 0.3) is 17.2 Å². The van der Waals surface area contributed by atoms with Crippen molar-refractivity contribution in [2.45, 2.75) is 0 Å². The smallest absolute Gasteiger partial charge is 0.368 e. The largest absolute Gasteiger partial charge is 0.446 e. The first-order chi connectivity index (χ1) is 15.1. The molecule has 0 saturated carbocycles. The Hall–Kier alpha value is -4.05. The van der Waals surface area contributed by atoms with Gasteiger partial charge in [0.25, 0.3) is 0 Å². The van der Waals surface area contributed by atoms with Crippen molar-refractivity contribution in [3.05, 3.63) is 62.9 Å². The summed E-state index contributed by atoms with van der Waals surface area (Å²) < 4.78 is 24.8. The Bertz CT molecular complexity index is 1310. The molecule has 0 unspecified atom stereocenters. The average Bonchev–Trinajstić information content (AvgIpc) is 3.39. The molecule has 3 aromatic heterocycles. The summed E-state index contributed by atoms with van der Waals surface area (Å²) >= 11 is 3.07. The maximum Gasteiger partial charge on any atom is 0.446 e. The standard InChI is InChI=1S/C18H12BrFN8O3/c19-12-3-2-11(7-13(12)20)28-17(27-30-18(28)29)15-16(26-31-25-15)23-6-5-22-14-4-1-10(8-21)9-24-14/h1-4,7,9H,5-6H2,(H,22,24)(H,23,26). The van der Waals surface area contributed by atoms with Gasteiger partial charge in [0.1, 0.15) is 17.7 Å². The van der Waals surface area contributed by atoms with Gasteiger partial charge in [-0.3, -0.25) is 4.52 Å². The van der Waals surface area contributed by atoms with Crippen LogP contribution in [-0.4, -0.2) is 38.1 Å². The fourth-order valence-electron chi connectivity index (χ4n) is 2.64. The number of hydrogen-bond donors (Lipinski definition) is 2. The summed E-state index contributed by atoms with van der Waals surface area (Å²) in [5.74, 6) is -0.566. The summed E-state index contributed by atoms with van der Waals surface area (Å²) in [4.78, 5) is 16.3. The molecule has 0 aliphatic heterocycles. The van der Waals surface area contributed by atoms with E-state index >= 15 is 0 Å². The third-order valence-electron chi connectivity index (χ3n) is 4.08. The predicted octanol–water partition coefficient (Wildman–Crippen LogP) is 2.57. The highest BCUT2D eigenvalue weighted by molar-refractivity contribution is 9.10. The van der Waals surface area contributed by atoms with Crippen LogP contribution in [0.4, 0.5) is 16.0 Å². The number of rotatable bonds is 7. The minimum atomic E-state index is -0.820. The van der Waals surface area contributed by atoms with Gasteiger partial charge >= 0.3 is 5.76 Å². The Morgan fingerprint density at radius 3 is 2.74 bits per heavy atom. The van der Waals surface area contributed by atoms with Crippen molar-refractivity contribution in [1.82, 2.24) is 25.0 Å². The highest BCUT2D eigenvalue weighted by atomic mass is 79.9. The van der Waals surface area contributed by atoms with Crippen molar-refractivity contribution < 1.29 is 13.5 Å². The van der Waals surface area contributed by atoms with Crippen LogP contribution in [0.3, 0.4) is 0 Å². The fraction of sp³-hybridized carbons (Fsp3) is 0.111. The molecule has 31 heavy (non-hydrogen) atoms. The van der Waals surface area contributed by atoms with Gasteiger partial charge in [0.2, 0.25) is 11.6 Å². The monoisotopic (exact) mass is 486 g/mol. The molecule has 156 valence electrons. The van der Waals surface area contributed by atoms with Gasteiger partial charge in [-0.1, -0.05) is 5.16 Å². The molecule has 0 amide bonds. The molecule has 4 aromatic rings. The van der Waals surface area contributed by atoms with Crippen molar-refractivity contribution >= 4 is 27.6 Å². The minimum absolute atomic E-state index is 0.00260. The Balaban J connectivity index is 1.49. The zero-order valence-electron chi connectivity index (χ0n) is 15.5. The summed E-state index contributed by atoms with van der Waals surface area (Å²) in [5.41, 5.74) is 0.779. The van der Waals surface area contributed by atoms with Crippen LogP contribution in [0.5, 0.6) is 0 Å². The lowest BCUT2D eigenvalue weighted by atomic mass is 10.3. The van der Waals surface area contributed by atoms with Gasteiger partial charge in [0, 0.05) is 19.3 Å². The molecule has 2 N–H and O–H groups in total. The summed E-state index contributed by atoms with van der Waals surface area (Å²) in [7, 11) is 0. The normalized spacial score (nSPS) is 10.6. The third-order valence-corrected chi connectivity index (χ3v) is 4.73. The van der Waals surface area contributed by atoms with E-state index in [-0.39, 0.29) is 27.5 Å². The van der Waals surface area contributed by atoms with E-state index in [1.807, 2.05) is 6.07 Å². The Kier molecular flexibility index (Phi) is 5.72. The molecule has 13 heteroatoms. The maximum atomic E-state index is 13.9. The van der Waals surface area contributed by atoms with Crippen LogP contribution in [0.2, 0.25) is 0 Å². The molecule has 0 spiro atoms. The molecule has 4 rings (SSSR count). The van der Waals surface area contributed by atoms with E-state index in [2.05, 4.69) is 47.0 Å². The maximum absolute atomic E-state index is 13.9. The zero-order valence-corrected chi connectivity index (χ0v) is 17.1. The molecule has 0 atom stereocenters. The predicted molar refractivity (Wildman–Crippen MR) is 109 cm³/mol. The lowest BCUT2D eigenvalue weighted by Crippen LogP contribution is -2.16. The van der Waals surface area contributed by atoms with E-state index in [0.717, 1.165) is 10.6 Å². The van der Waals surface area contributed by atoms with Crippen molar-refractivity contribution in [2.24, 2.45) is 0 Å². The molecule has 0 aliphatic rings. The number of benzene rings is 1. The molecule has 3 heterocycles. The number of nitriles is 1. The van der Waals surface area contributed by atoms with Gasteiger partial charge in [-0.05, 0) is 56.6 Å². The van der Waals surface area contributed by atoms with E-state index in [9.17, 15) is 9.18 Å². The summed E-state index contributed by atoms with van der Waals surface area (Å²) in [6, 6.07) is 9.46. The quantitative estimate of drug-likeness (QED) is 0.373. The molecular weight excluding hydrogens is 475 g/mol. The first-order valence-corrected chi connectivity index (χ1v) is 9.57. The molecule has 0 aliphatic carbocycles. The first kappa shape index (κ1) is 20.2. The van der Waals surface area contributed by atoms with Crippen molar-refractivity contribution in [1.29, 1.82) is 5.26 Å². The highest BCUT2D eigenvalue weighted by Gasteiger charge is 2.23. The zero-order chi connectivity index (χ0) is 21.8. The van der Waals surface area contributed by atoms with Crippen LogP contribution in [0, 0.1) is 17.1 Å². The van der Waals surface area contributed by atoms with E-state index in [4.69, 9.17) is 14.4 Å². The molecule has 0 radical (unpaired) electrons. The van der Waals surface area contributed by atoms with E-state index in [0.29, 0.717) is 24.5 Å². The summed E-state index contributed by atoms with van der Waals surface area (Å²) in [6.45, 7) is 0.840. The highest BCUT2D eigenvalue weighted by Crippen LogP contribution is 2.25. The topological polar surface area (TPSA) is 148 Å². The van der Waals surface area contributed by atoms with E-state index in [1.165, 1.54) is 18.3 Å². The number of anilines is 2. The summed E-state index contributed by atoms with van der Waals surface area (Å²) in [6.07, 6.45) is 1.46. The molecule has 11 nitrogen and oxygen atoms in total. The average molecular weight is 487 g/mol. The third kappa shape index (κ3) is 4.28. The first-order valence-electron chi connectivity index (χ1n) is 8.78. The molecular formula is C18H12BrFN8O3. The number of aromatic nitrogens is 5. The van der Waals surface area contributed by atoms with Crippen LogP contribution in [-0.2, 0) is 0 Å². The minimum Gasteiger partial charge on any atom is -0.368 e. The number of hydrogen-bond acceptors (Lipinski definition) is 10. The van der Waals surface area contributed by atoms with Crippen molar-refractivity contribution in [3.63, 3.8) is 0 Å². The Labute approximate surface area is 181 Å². The Morgan fingerprint density at radius 2 is 2.00 bits per heavy atom. The van der Waals surface area contributed by atoms with Crippen LogP contribution >= 0.6 is 15.9 Å². The fourth-order valence-corrected chi connectivity index (χ4v) is 2.89. The molecule has 0 saturated heterocycles. The number of pyridine rings is 1. The van der Waals surface area contributed by atoms with Crippen LogP contribution in [0.1, 0.15) is 5.56 Å². The number of halogens is 2. The Morgan fingerprint density at radius 1 is 1.16 bits per heavy atom. The molecule has 0 fully saturated rings. The van der Waals surface area contributed by atoms with Gasteiger partial charge in [0.15, 0.2) is 5.69 Å². The SMILES string of the molecule is N#Cc1ccc(NCCNc2nonc2-c2noc(=O)n2-c2ccc(Br)c(F)c2)nc1. The lowest BCUT2D eigenvalue weighted by Gasteiger charge is -2.07. The number of nitrogens with zero attached hydrogens (tertiary/aromatic N) is 6. The number of nitrogens with one attached hydrogen (secondary N) is 2. The van der Waals surface area contributed by atoms with Gasteiger partial charge in [-0.15, -0.1) is 0 Å². The lowest BCUT2D eigenvalue weighted by molar-refractivity contribution is 0.309. The second-order valence-electron chi connectivity index (χ2n) is 6.06. The van der Waals surface area contributed by atoms with E-state index in [1.54, 1.807) is 12.1 Å². The second-order valence-corrected chi connectivity index (χ2v) is 6.92. The second kappa shape index (κ2) is 8.76. The van der Waals surface area contributed by atoms with E-state index < -0.39 is 11.6 Å². The van der Waals surface area contributed by atoms with Crippen LogP contribution < -0.4 is 16.4 Å². The van der Waals surface area contributed by atoms with Crippen LogP contribution in [0.15, 0.2) is 54.9 Å². The van der Waals surface area contributed by atoms with Gasteiger partial charge in [0.05, 0.1) is 15.7 Å². The van der Waals surface area contributed by atoms with Gasteiger partial charge in [-0.2, -0.15) is 5.26 Å². The van der Waals surface area contributed by atoms with Crippen molar-refractivity contribution in [3.8, 4) is 23.3 Å². The van der Waals surface area contributed by atoms with Gasteiger partial charge in [-0.25, -0.2) is 23.4 Å². The molecule has 0 bridgehead atoms. The van der Waals surface area contributed by atoms with Gasteiger partial charge < -0.3 is 10.6 Å². The molecule has 1 aromatic carbocycles.